The number of anilines is 1. The number of benzene rings is 3. The van der Waals surface area contributed by atoms with Crippen molar-refractivity contribution in [2.45, 2.75) is 9.79 Å². The second-order valence-corrected chi connectivity index (χ2v) is 8.02. The summed E-state index contributed by atoms with van der Waals surface area (Å²) < 4.78 is 10.3. The molecule has 0 aromatic heterocycles. The Balaban J connectivity index is 1.44. The zero-order valence-corrected chi connectivity index (χ0v) is 17.8. The quantitative estimate of drug-likeness (QED) is 0.240. The fraction of sp³-hybridized carbons (Fsp3) is 0.0870. The van der Waals surface area contributed by atoms with Crippen LogP contribution in [-0.4, -0.2) is 35.8 Å². The molecule has 1 aliphatic rings. The number of rotatable bonds is 7. The van der Waals surface area contributed by atoms with E-state index >= 15 is 0 Å². The van der Waals surface area contributed by atoms with Crippen LogP contribution in [0.5, 0.6) is 5.75 Å². The van der Waals surface area contributed by atoms with E-state index in [1.807, 2.05) is 30.3 Å². The molecule has 0 atom stereocenters. The largest absolute Gasteiger partial charge is 0.482 e. The standard InChI is InChI=1S/C23H16N2O7S/c26-19(14-6-8-20-17(10-14)24-22(27)13-31-20)12-32-23(28)15-7-9-21(18(11-15)25(29)30)33-16-4-2-1-3-5-16/h1-11H,12-13H2,(H,24,27). The number of Topliss-reactive ketones (excluding diaryl/α,β-unsaturated/α-hetero) is 1. The third-order valence-corrected chi connectivity index (χ3v) is 5.70. The highest BCUT2D eigenvalue weighted by Gasteiger charge is 2.21. The molecule has 3 aromatic rings. The molecule has 9 nitrogen and oxygen atoms in total. The van der Waals surface area contributed by atoms with Gasteiger partial charge in [0.1, 0.15) is 5.75 Å². The molecule has 0 bridgehead atoms. The van der Waals surface area contributed by atoms with Crippen molar-refractivity contribution < 1.29 is 28.8 Å². The number of fused-ring (bicyclic) bond motifs is 1. The lowest BCUT2D eigenvalue weighted by Crippen LogP contribution is -2.25. The average Bonchev–Trinajstić information content (AvgIpc) is 2.82. The Kier molecular flexibility index (Phi) is 6.36. The number of hydrogen-bond donors (Lipinski definition) is 1. The maximum absolute atomic E-state index is 12.4. The van der Waals surface area contributed by atoms with Gasteiger partial charge in [-0.25, -0.2) is 4.79 Å². The number of carbonyl (C=O) groups is 3. The lowest BCUT2D eigenvalue weighted by atomic mass is 10.1. The van der Waals surface area contributed by atoms with Gasteiger partial charge in [-0.15, -0.1) is 0 Å². The van der Waals surface area contributed by atoms with Crippen molar-refractivity contribution in [3.05, 3.63) is 88.0 Å². The Hall–Kier alpha value is -4.18. The van der Waals surface area contributed by atoms with Crippen molar-refractivity contribution in [1.82, 2.24) is 0 Å². The first-order valence-electron chi connectivity index (χ1n) is 9.69. The topological polar surface area (TPSA) is 125 Å². The van der Waals surface area contributed by atoms with Crippen LogP contribution >= 0.6 is 11.8 Å². The minimum absolute atomic E-state index is 0.0435. The van der Waals surface area contributed by atoms with Crippen molar-refractivity contribution in [2.75, 3.05) is 18.5 Å². The number of nitro benzene ring substituents is 1. The zero-order valence-electron chi connectivity index (χ0n) is 17.0. The number of ketones is 1. The SMILES string of the molecule is O=C1COc2ccc(C(=O)COC(=O)c3ccc(Sc4ccccc4)c([N+](=O)[O-])c3)cc2N1. The van der Waals surface area contributed by atoms with Gasteiger partial charge in [-0.2, -0.15) is 0 Å². The van der Waals surface area contributed by atoms with Crippen LogP contribution in [0.4, 0.5) is 11.4 Å². The molecule has 0 saturated heterocycles. The summed E-state index contributed by atoms with van der Waals surface area (Å²) >= 11 is 1.20. The predicted molar refractivity (Wildman–Crippen MR) is 119 cm³/mol. The number of hydrogen-bond acceptors (Lipinski definition) is 8. The second kappa shape index (κ2) is 9.53. The highest BCUT2D eigenvalue weighted by Crippen LogP contribution is 2.35. The van der Waals surface area contributed by atoms with Gasteiger partial charge in [0.05, 0.1) is 21.1 Å². The first-order valence-corrected chi connectivity index (χ1v) is 10.5. The molecule has 3 aromatic carbocycles. The maximum atomic E-state index is 12.4. The van der Waals surface area contributed by atoms with Gasteiger partial charge in [-0.05, 0) is 42.5 Å². The molecular weight excluding hydrogens is 448 g/mol. The molecule has 166 valence electrons. The molecule has 0 fully saturated rings. The van der Waals surface area contributed by atoms with Gasteiger partial charge in [0.2, 0.25) is 0 Å². The summed E-state index contributed by atoms with van der Waals surface area (Å²) in [6.45, 7) is -0.673. The smallest absolute Gasteiger partial charge is 0.338 e. The first-order chi connectivity index (χ1) is 15.9. The first kappa shape index (κ1) is 22.0. The van der Waals surface area contributed by atoms with Gasteiger partial charge in [-0.3, -0.25) is 19.7 Å². The Morgan fingerprint density at radius 2 is 1.82 bits per heavy atom. The van der Waals surface area contributed by atoms with Crippen molar-refractivity contribution >= 4 is 40.8 Å². The molecule has 0 radical (unpaired) electrons. The summed E-state index contributed by atoms with van der Waals surface area (Å²) in [6.07, 6.45) is 0. The van der Waals surface area contributed by atoms with E-state index in [-0.39, 0.29) is 29.3 Å². The number of nitro groups is 1. The summed E-state index contributed by atoms with van der Waals surface area (Å²) in [5, 5.41) is 14.1. The summed E-state index contributed by atoms with van der Waals surface area (Å²) in [6, 6.07) is 17.6. The lowest BCUT2D eigenvalue weighted by molar-refractivity contribution is -0.387. The number of carbonyl (C=O) groups excluding carboxylic acids is 3. The lowest BCUT2D eigenvalue weighted by Gasteiger charge is -2.18. The van der Waals surface area contributed by atoms with E-state index in [9.17, 15) is 24.5 Å². The van der Waals surface area contributed by atoms with Gasteiger partial charge < -0.3 is 14.8 Å². The van der Waals surface area contributed by atoms with Crippen LogP contribution in [0.1, 0.15) is 20.7 Å². The normalized spacial score (nSPS) is 12.2. The van der Waals surface area contributed by atoms with E-state index in [0.717, 1.165) is 11.0 Å². The minimum atomic E-state index is -0.864. The van der Waals surface area contributed by atoms with Crippen molar-refractivity contribution in [3.8, 4) is 5.75 Å². The highest BCUT2D eigenvalue weighted by atomic mass is 32.2. The van der Waals surface area contributed by atoms with E-state index in [1.165, 1.54) is 42.1 Å². The fourth-order valence-electron chi connectivity index (χ4n) is 3.04. The molecule has 0 aliphatic carbocycles. The van der Waals surface area contributed by atoms with Crippen LogP contribution in [-0.2, 0) is 9.53 Å². The molecule has 0 spiro atoms. The molecule has 1 aliphatic heterocycles. The number of amides is 1. The van der Waals surface area contributed by atoms with Gasteiger partial charge in [0.15, 0.2) is 19.0 Å². The molecule has 1 amide bonds. The van der Waals surface area contributed by atoms with Crippen LogP contribution < -0.4 is 10.1 Å². The number of ether oxygens (including phenoxy) is 2. The number of nitrogens with one attached hydrogen (secondary N) is 1. The summed E-state index contributed by atoms with van der Waals surface area (Å²) in [7, 11) is 0. The fourth-order valence-corrected chi connectivity index (χ4v) is 3.96. The Morgan fingerprint density at radius 1 is 1.06 bits per heavy atom. The van der Waals surface area contributed by atoms with Crippen LogP contribution in [0, 0.1) is 10.1 Å². The zero-order chi connectivity index (χ0) is 23.4. The Morgan fingerprint density at radius 3 is 2.58 bits per heavy atom. The van der Waals surface area contributed by atoms with Gasteiger partial charge >= 0.3 is 5.97 Å². The van der Waals surface area contributed by atoms with Crippen LogP contribution in [0.3, 0.4) is 0 Å². The average molecular weight is 464 g/mol. The summed E-state index contributed by atoms with van der Waals surface area (Å²) in [4.78, 5) is 48.4. The third-order valence-electron chi connectivity index (χ3n) is 4.63. The van der Waals surface area contributed by atoms with Crippen molar-refractivity contribution in [1.29, 1.82) is 0 Å². The summed E-state index contributed by atoms with van der Waals surface area (Å²) in [5.41, 5.74) is 0.284. The molecule has 33 heavy (non-hydrogen) atoms. The summed E-state index contributed by atoms with van der Waals surface area (Å²) in [5.74, 6) is -1.27. The minimum Gasteiger partial charge on any atom is -0.482 e. The number of nitrogens with zero attached hydrogens (tertiary/aromatic N) is 1. The molecule has 1 heterocycles. The Labute approximate surface area is 191 Å². The van der Waals surface area contributed by atoms with Crippen LogP contribution in [0.2, 0.25) is 0 Å². The van der Waals surface area contributed by atoms with Gasteiger partial charge in [-0.1, -0.05) is 30.0 Å². The van der Waals surface area contributed by atoms with E-state index in [1.54, 1.807) is 0 Å². The molecule has 10 heteroatoms. The number of esters is 1. The van der Waals surface area contributed by atoms with Crippen molar-refractivity contribution in [2.24, 2.45) is 0 Å². The monoisotopic (exact) mass is 464 g/mol. The molecule has 0 saturated carbocycles. The molecule has 4 rings (SSSR count). The van der Waals surface area contributed by atoms with E-state index in [4.69, 9.17) is 9.47 Å². The molecule has 1 N–H and O–H groups in total. The van der Waals surface area contributed by atoms with Crippen LogP contribution in [0.25, 0.3) is 0 Å². The molecular formula is C23H16N2O7S. The van der Waals surface area contributed by atoms with Crippen LogP contribution in [0.15, 0.2) is 76.5 Å². The van der Waals surface area contributed by atoms with Gasteiger partial charge in [0, 0.05) is 16.5 Å². The second-order valence-electron chi connectivity index (χ2n) is 6.90. The Bertz CT molecular complexity index is 1260. The van der Waals surface area contributed by atoms with E-state index in [2.05, 4.69) is 5.32 Å². The molecule has 0 unspecified atom stereocenters. The van der Waals surface area contributed by atoms with E-state index in [0.29, 0.717) is 16.3 Å². The third kappa shape index (κ3) is 5.18. The van der Waals surface area contributed by atoms with Gasteiger partial charge in [0.25, 0.3) is 11.6 Å². The predicted octanol–water partition coefficient (Wildman–Crippen LogP) is 4.12. The maximum Gasteiger partial charge on any atom is 0.338 e. The van der Waals surface area contributed by atoms with Crippen molar-refractivity contribution in [3.63, 3.8) is 0 Å². The van der Waals surface area contributed by atoms with E-state index < -0.39 is 23.3 Å². The highest BCUT2D eigenvalue weighted by molar-refractivity contribution is 7.99.